The van der Waals surface area contributed by atoms with Gasteiger partial charge in [0.1, 0.15) is 5.56 Å². The van der Waals surface area contributed by atoms with E-state index in [9.17, 15) is 9.18 Å². The maximum atomic E-state index is 13.5. The van der Waals surface area contributed by atoms with E-state index in [4.69, 9.17) is 10.2 Å². The van der Waals surface area contributed by atoms with Gasteiger partial charge in [0.2, 0.25) is 5.89 Å². The number of nitrogens with two attached hydrogens (primary N) is 1. The second-order valence-electron chi connectivity index (χ2n) is 8.07. The van der Waals surface area contributed by atoms with Gasteiger partial charge in [-0.05, 0) is 13.0 Å². The number of fused-ring (bicyclic) bond motifs is 1. The summed E-state index contributed by atoms with van der Waals surface area (Å²) < 4.78 is 20.2. The number of halogens is 1. The van der Waals surface area contributed by atoms with E-state index in [0.29, 0.717) is 18.5 Å². The molecule has 2 aliphatic heterocycles. The minimum Gasteiger partial charge on any atom is -0.408 e. The van der Waals surface area contributed by atoms with Crippen molar-refractivity contribution in [1.29, 1.82) is 0 Å². The van der Waals surface area contributed by atoms with E-state index in [1.54, 1.807) is 6.92 Å². The molecule has 2 aliphatic rings. The third-order valence-electron chi connectivity index (χ3n) is 6.03. The first kappa shape index (κ1) is 20.6. The second-order valence-corrected chi connectivity index (χ2v) is 8.07. The molecule has 2 unspecified atom stereocenters. The molecule has 0 aliphatic carbocycles. The Morgan fingerprint density at radius 2 is 2.12 bits per heavy atom. The fourth-order valence-corrected chi connectivity index (χ4v) is 4.48. The molecule has 0 aromatic carbocycles. The molecule has 1 amide bonds. The fourth-order valence-electron chi connectivity index (χ4n) is 4.48. The van der Waals surface area contributed by atoms with E-state index in [0.717, 1.165) is 51.5 Å². The van der Waals surface area contributed by atoms with Crippen molar-refractivity contribution in [2.45, 2.75) is 25.4 Å². The quantitative estimate of drug-likeness (QED) is 0.478. The summed E-state index contributed by atoms with van der Waals surface area (Å²) in [5.41, 5.74) is 6.34. The largest absolute Gasteiger partial charge is 0.408 e. The first-order valence-electron chi connectivity index (χ1n) is 10.6. The summed E-state index contributed by atoms with van der Waals surface area (Å²) in [5, 5.41) is 18.5. The number of nitrogens with zero attached hydrogens (tertiary/aromatic N) is 7. The van der Waals surface area contributed by atoms with Crippen LogP contribution in [0.25, 0.3) is 5.65 Å². The number of nitrogen functional groups attached to an aromatic ring is 1. The summed E-state index contributed by atoms with van der Waals surface area (Å²) in [5.74, 6) is -0.356. The topological polar surface area (TPSA) is 143 Å². The standard InChI is InChI=1S/C19H25FN10O2/c1-11-25-26-19(32-11)29-6-4-28(5-7-29)14-2-3-22-9-13(14)24-18(31)15-16(21)27-30-10-12(20)8-23-17(15)30/h8,10,13-14,22H,2-7,9H2,1H3,(H2,21,27)(H,24,31). The van der Waals surface area contributed by atoms with Gasteiger partial charge < -0.3 is 25.7 Å². The van der Waals surface area contributed by atoms with Crippen LogP contribution in [0, 0.1) is 12.7 Å². The Hall–Kier alpha value is -3.32. The molecule has 5 rings (SSSR count). The van der Waals surface area contributed by atoms with E-state index in [1.807, 2.05) is 0 Å². The van der Waals surface area contributed by atoms with Crippen LogP contribution in [-0.4, -0.2) is 87.0 Å². The van der Waals surface area contributed by atoms with Gasteiger partial charge in [0, 0.05) is 45.7 Å². The van der Waals surface area contributed by atoms with Crippen LogP contribution in [-0.2, 0) is 0 Å². The van der Waals surface area contributed by atoms with Crippen LogP contribution in [0.15, 0.2) is 16.8 Å². The lowest BCUT2D eigenvalue weighted by Gasteiger charge is -2.44. The molecular weight excluding hydrogens is 419 g/mol. The monoisotopic (exact) mass is 444 g/mol. The first-order valence-corrected chi connectivity index (χ1v) is 10.6. The van der Waals surface area contributed by atoms with Gasteiger partial charge in [-0.15, -0.1) is 10.2 Å². The van der Waals surface area contributed by atoms with Crippen LogP contribution in [0.5, 0.6) is 0 Å². The summed E-state index contributed by atoms with van der Waals surface area (Å²) in [7, 11) is 0. The number of rotatable bonds is 4. The van der Waals surface area contributed by atoms with Crippen molar-refractivity contribution < 1.29 is 13.6 Å². The third-order valence-corrected chi connectivity index (χ3v) is 6.03. The molecule has 170 valence electrons. The van der Waals surface area contributed by atoms with Crippen molar-refractivity contribution in [2.24, 2.45) is 0 Å². The molecule has 5 heterocycles. The number of aromatic nitrogens is 5. The van der Waals surface area contributed by atoms with E-state index < -0.39 is 5.82 Å². The number of aryl methyl sites for hydroxylation is 1. The van der Waals surface area contributed by atoms with E-state index in [-0.39, 0.29) is 35.0 Å². The van der Waals surface area contributed by atoms with Gasteiger partial charge >= 0.3 is 6.01 Å². The number of nitrogens with one attached hydrogen (secondary N) is 2. The zero-order chi connectivity index (χ0) is 22.2. The molecule has 4 N–H and O–H groups in total. The molecule has 0 saturated carbocycles. The number of piperidine rings is 1. The van der Waals surface area contributed by atoms with E-state index in [1.165, 1.54) is 4.52 Å². The molecule has 13 heteroatoms. The van der Waals surface area contributed by atoms with Crippen molar-refractivity contribution in [2.75, 3.05) is 49.9 Å². The number of piperazine rings is 1. The number of hydrogen-bond acceptors (Lipinski definition) is 10. The predicted molar refractivity (Wildman–Crippen MR) is 113 cm³/mol. The number of carbonyl (C=O) groups excluding carboxylic acids is 1. The summed E-state index contributed by atoms with van der Waals surface area (Å²) in [6.45, 7) is 6.46. The molecule has 3 aromatic rings. The zero-order valence-corrected chi connectivity index (χ0v) is 17.7. The Bertz CT molecular complexity index is 1120. The average molecular weight is 444 g/mol. The molecule has 12 nitrogen and oxygen atoms in total. The highest BCUT2D eigenvalue weighted by molar-refractivity contribution is 6.04. The van der Waals surface area contributed by atoms with Crippen molar-refractivity contribution in [3.63, 3.8) is 0 Å². The number of hydrogen-bond donors (Lipinski definition) is 3. The lowest BCUT2D eigenvalue weighted by atomic mass is 9.97. The lowest BCUT2D eigenvalue weighted by Crippen LogP contribution is -2.62. The maximum Gasteiger partial charge on any atom is 0.318 e. The summed E-state index contributed by atoms with van der Waals surface area (Å²) in [6, 6.07) is 0.591. The van der Waals surface area contributed by atoms with Gasteiger partial charge in [0.25, 0.3) is 5.91 Å². The summed E-state index contributed by atoms with van der Waals surface area (Å²) in [6.07, 6.45) is 3.09. The van der Waals surface area contributed by atoms with Crippen LogP contribution in [0.3, 0.4) is 0 Å². The van der Waals surface area contributed by atoms with E-state index >= 15 is 0 Å². The summed E-state index contributed by atoms with van der Waals surface area (Å²) >= 11 is 0. The Balaban J connectivity index is 1.28. The smallest absolute Gasteiger partial charge is 0.318 e. The zero-order valence-electron chi connectivity index (χ0n) is 17.7. The highest BCUT2D eigenvalue weighted by atomic mass is 19.1. The normalized spacial score (nSPS) is 22.4. The van der Waals surface area contributed by atoms with Crippen LogP contribution in [0.2, 0.25) is 0 Å². The molecule has 3 aromatic heterocycles. The molecule has 2 fully saturated rings. The minimum atomic E-state index is -0.557. The van der Waals surface area contributed by atoms with Gasteiger partial charge in [-0.25, -0.2) is 13.9 Å². The van der Waals surface area contributed by atoms with Crippen molar-refractivity contribution >= 4 is 23.4 Å². The highest BCUT2D eigenvalue weighted by Gasteiger charge is 2.34. The summed E-state index contributed by atoms with van der Waals surface area (Å²) in [4.78, 5) is 21.6. The van der Waals surface area contributed by atoms with Crippen LogP contribution in [0.4, 0.5) is 16.2 Å². The van der Waals surface area contributed by atoms with Crippen LogP contribution < -0.4 is 21.3 Å². The Kier molecular flexibility index (Phi) is 5.35. The number of anilines is 2. The van der Waals surface area contributed by atoms with Crippen molar-refractivity contribution in [3.8, 4) is 0 Å². The van der Waals surface area contributed by atoms with Crippen LogP contribution in [0.1, 0.15) is 22.7 Å². The van der Waals surface area contributed by atoms with E-state index in [2.05, 4.69) is 40.7 Å². The van der Waals surface area contributed by atoms with Crippen molar-refractivity contribution in [3.05, 3.63) is 29.7 Å². The van der Waals surface area contributed by atoms with Gasteiger partial charge in [-0.3, -0.25) is 9.69 Å². The number of carbonyl (C=O) groups is 1. The van der Waals surface area contributed by atoms with Gasteiger partial charge in [-0.1, -0.05) is 5.10 Å². The minimum absolute atomic E-state index is 0.0179. The molecule has 2 atom stereocenters. The maximum absolute atomic E-state index is 13.5. The first-order chi connectivity index (χ1) is 15.5. The fraction of sp³-hybridized carbons (Fsp3) is 0.526. The Morgan fingerprint density at radius 3 is 2.88 bits per heavy atom. The Labute approximate surface area is 183 Å². The molecular formula is C19H25FN10O2. The van der Waals surface area contributed by atoms with Gasteiger partial charge in [-0.2, -0.15) is 0 Å². The molecule has 0 radical (unpaired) electrons. The molecule has 0 bridgehead atoms. The Morgan fingerprint density at radius 1 is 1.31 bits per heavy atom. The molecule has 32 heavy (non-hydrogen) atoms. The van der Waals surface area contributed by atoms with Gasteiger partial charge in [0.15, 0.2) is 17.3 Å². The molecule has 2 saturated heterocycles. The lowest BCUT2D eigenvalue weighted by molar-refractivity contribution is 0.0837. The van der Waals surface area contributed by atoms with Crippen LogP contribution >= 0.6 is 0 Å². The van der Waals surface area contributed by atoms with Gasteiger partial charge in [0.05, 0.1) is 18.4 Å². The predicted octanol–water partition coefficient (Wildman–Crippen LogP) is -0.575. The SMILES string of the molecule is Cc1nnc(N2CCN(C3CCNCC3NC(=O)c3c(N)nn4cc(F)cnc34)CC2)o1. The third kappa shape index (κ3) is 3.84. The van der Waals surface area contributed by atoms with Crippen molar-refractivity contribution in [1.82, 2.24) is 40.3 Å². The molecule has 0 spiro atoms. The highest BCUT2D eigenvalue weighted by Crippen LogP contribution is 2.21. The second kappa shape index (κ2) is 8.31. The average Bonchev–Trinajstić information content (AvgIpc) is 3.36. The number of amides is 1.